The van der Waals surface area contributed by atoms with Gasteiger partial charge in [0.25, 0.3) is 0 Å². The number of nitrogens with two attached hydrogens (primary N) is 1. The van der Waals surface area contributed by atoms with Gasteiger partial charge in [0.15, 0.2) is 0 Å². The van der Waals surface area contributed by atoms with E-state index >= 15 is 0 Å². The van der Waals surface area contributed by atoms with Crippen LogP contribution < -0.4 is 5.73 Å². The third kappa shape index (κ3) is 3.58. The largest absolute Gasteiger partial charge is 0.325 e. The van der Waals surface area contributed by atoms with Gasteiger partial charge in [0.2, 0.25) is 0 Å². The van der Waals surface area contributed by atoms with Crippen molar-refractivity contribution in [3.63, 3.8) is 0 Å². The van der Waals surface area contributed by atoms with E-state index in [2.05, 4.69) is 9.97 Å². The van der Waals surface area contributed by atoms with Gasteiger partial charge in [0, 0.05) is 23.2 Å². The van der Waals surface area contributed by atoms with Crippen LogP contribution in [0.3, 0.4) is 0 Å². The Morgan fingerprint density at radius 1 is 1.21 bits per heavy atom. The summed E-state index contributed by atoms with van der Waals surface area (Å²) in [5.74, 6) is 0.365. The van der Waals surface area contributed by atoms with Gasteiger partial charge in [-0.3, -0.25) is 0 Å². The van der Waals surface area contributed by atoms with Crippen LogP contribution in [0.5, 0.6) is 0 Å². The number of hydrogen-bond acceptors (Lipinski definition) is 3. The molecular formula is C15H18FN3. The molecule has 0 bridgehead atoms. The number of hydrogen-bond donors (Lipinski definition) is 1. The van der Waals surface area contributed by atoms with Crippen LogP contribution in [-0.2, 0) is 6.42 Å². The molecule has 0 radical (unpaired) electrons. The molecule has 19 heavy (non-hydrogen) atoms. The van der Waals surface area contributed by atoms with E-state index < -0.39 is 0 Å². The summed E-state index contributed by atoms with van der Waals surface area (Å²) >= 11 is 0. The van der Waals surface area contributed by atoms with Crippen molar-refractivity contribution in [3.05, 3.63) is 47.7 Å². The van der Waals surface area contributed by atoms with Crippen LogP contribution in [-0.4, -0.2) is 15.5 Å². The molecule has 1 aromatic heterocycles. The molecule has 0 fully saturated rings. The van der Waals surface area contributed by atoms with Crippen molar-refractivity contribution in [1.82, 2.24) is 9.97 Å². The molecule has 0 spiro atoms. The standard InChI is InChI=1S/C15H18FN3/c1-10-8-13(11-6-4-5-7-12(11)16)19-14(18-10)9-15(2,3)17/h4-8H,9,17H2,1-3H3. The number of rotatable bonds is 3. The molecule has 0 unspecified atom stereocenters. The number of nitrogens with zero attached hydrogens (tertiary/aromatic N) is 2. The second-order valence-corrected chi connectivity index (χ2v) is 5.46. The third-order valence-electron chi connectivity index (χ3n) is 2.66. The van der Waals surface area contributed by atoms with Crippen molar-refractivity contribution in [2.75, 3.05) is 0 Å². The first-order valence-electron chi connectivity index (χ1n) is 6.23. The van der Waals surface area contributed by atoms with Crippen molar-refractivity contribution < 1.29 is 4.39 Å². The normalized spacial score (nSPS) is 11.6. The topological polar surface area (TPSA) is 51.8 Å². The van der Waals surface area contributed by atoms with Crippen LogP contribution in [0.2, 0.25) is 0 Å². The summed E-state index contributed by atoms with van der Waals surface area (Å²) in [7, 11) is 0. The van der Waals surface area contributed by atoms with Gasteiger partial charge in [-0.15, -0.1) is 0 Å². The Labute approximate surface area is 112 Å². The van der Waals surface area contributed by atoms with Crippen LogP contribution in [0.1, 0.15) is 25.4 Å². The Kier molecular flexibility index (Phi) is 3.62. The highest BCUT2D eigenvalue weighted by atomic mass is 19.1. The summed E-state index contributed by atoms with van der Waals surface area (Å²) in [6.07, 6.45) is 0.552. The number of aryl methyl sites for hydroxylation is 1. The predicted octanol–water partition coefficient (Wildman–Crippen LogP) is 2.87. The lowest BCUT2D eigenvalue weighted by Gasteiger charge is -2.17. The van der Waals surface area contributed by atoms with E-state index in [9.17, 15) is 4.39 Å². The minimum Gasteiger partial charge on any atom is -0.325 e. The first-order chi connectivity index (χ1) is 8.85. The average Bonchev–Trinajstić information content (AvgIpc) is 2.26. The summed E-state index contributed by atoms with van der Waals surface area (Å²) in [6.45, 7) is 5.71. The van der Waals surface area contributed by atoms with E-state index in [1.54, 1.807) is 24.3 Å². The molecule has 0 saturated heterocycles. The fourth-order valence-electron chi connectivity index (χ4n) is 1.92. The smallest absolute Gasteiger partial charge is 0.132 e. The Balaban J connectivity index is 2.45. The number of benzene rings is 1. The van der Waals surface area contributed by atoms with Crippen LogP contribution in [0, 0.1) is 12.7 Å². The van der Waals surface area contributed by atoms with Gasteiger partial charge >= 0.3 is 0 Å². The molecule has 2 rings (SSSR count). The predicted molar refractivity (Wildman–Crippen MR) is 74.1 cm³/mol. The lowest BCUT2D eigenvalue weighted by atomic mass is 10.0. The van der Waals surface area contributed by atoms with E-state index in [1.807, 2.05) is 20.8 Å². The Bertz CT molecular complexity index is 588. The minimum absolute atomic E-state index is 0.279. The number of aromatic nitrogens is 2. The summed E-state index contributed by atoms with van der Waals surface area (Å²) in [6, 6.07) is 8.39. The Morgan fingerprint density at radius 2 is 1.89 bits per heavy atom. The highest BCUT2D eigenvalue weighted by Gasteiger charge is 2.16. The Morgan fingerprint density at radius 3 is 2.53 bits per heavy atom. The zero-order valence-corrected chi connectivity index (χ0v) is 11.4. The molecule has 100 valence electrons. The van der Waals surface area contributed by atoms with E-state index in [-0.39, 0.29) is 11.4 Å². The van der Waals surface area contributed by atoms with Gasteiger partial charge < -0.3 is 5.73 Å². The van der Waals surface area contributed by atoms with E-state index in [1.165, 1.54) is 6.07 Å². The molecule has 1 aromatic carbocycles. The van der Waals surface area contributed by atoms with Crippen LogP contribution >= 0.6 is 0 Å². The quantitative estimate of drug-likeness (QED) is 0.922. The lowest BCUT2D eigenvalue weighted by Crippen LogP contribution is -2.35. The first-order valence-corrected chi connectivity index (χ1v) is 6.23. The van der Waals surface area contributed by atoms with Gasteiger partial charge in [-0.1, -0.05) is 12.1 Å². The third-order valence-corrected chi connectivity index (χ3v) is 2.66. The van der Waals surface area contributed by atoms with Crippen LogP contribution in [0.4, 0.5) is 4.39 Å². The van der Waals surface area contributed by atoms with Crippen molar-refractivity contribution in [2.24, 2.45) is 5.73 Å². The summed E-state index contributed by atoms with van der Waals surface area (Å²) in [5.41, 5.74) is 7.50. The molecule has 0 atom stereocenters. The maximum absolute atomic E-state index is 13.8. The van der Waals surface area contributed by atoms with Crippen LogP contribution in [0.15, 0.2) is 30.3 Å². The highest BCUT2D eigenvalue weighted by Crippen LogP contribution is 2.21. The highest BCUT2D eigenvalue weighted by molar-refractivity contribution is 5.60. The van der Waals surface area contributed by atoms with Gasteiger partial charge in [-0.25, -0.2) is 14.4 Å². The molecule has 0 saturated carbocycles. The summed E-state index contributed by atoms with van der Waals surface area (Å²) < 4.78 is 13.8. The summed E-state index contributed by atoms with van der Waals surface area (Å²) in [5, 5.41) is 0. The fraction of sp³-hybridized carbons (Fsp3) is 0.333. The second kappa shape index (κ2) is 5.05. The molecule has 2 N–H and O–H groups in total. The van der Waals surface area contributed by atoms with Gasteiger partial charge in [-0.2, -0.15) is 0 Å². The SMILES string of the molecule is Cc1cc(-c2ccccc2F)nc(CC(C)(C)N)n1. The molecule has 2 aromatic rings. The number of halogens is 1. The van der Waals surface area contributed by atoms with E-state index in [0.29, 0.717) is 23.5 Å². The maximum Gasteiger partial charge on any atom is 0.132 e. The zero-order valence-electron chi connectivity index (χ0n) is 11.4. The molecule has 0 aliphatic heterocycles. The first kappa shape index (κ1) is 13.6. The Hall–Kier alpha value is -1.81. The molecule has 0 amide bonds. The van der Waals surface area contributed by atoms with Crippen molar-refractivity contribution in [3.8, 4) is 11.3 Å². The summed E-state index contributed by atoms with van der Waals surface area (Å²) in [4.78, 5) is 8.78. The van der Waals surface area contributed by atoms with E-state index in [0.717, 1.165) is 5.69 Å². The minimum atomic E-state index is -0.389. The van der Waals surface area contributed by atoms with E-state index in [4.69, 9.17) is 5.73 Å². The van der Waals surface area contributed by atoms with Crippen molar-refractivity contribution in [1.29, 1.82) is 0 Å². The zero-order chi connectivity index (χ0) is 14.0. The molecule has 1 heterocycles. The molecule has 3 nitrogen and oxygen atoms in total. The molecular weight excluding hydrogens is 241 g/mol. The fourth-order valence-corrected chi connectivity index (χ4v) is 1.92. The lowest BCUT2D eigenvalue weighted by molar-refractivity contribution is 0.502. The average molecular weight is 259 g/mol. The van der Waals surface area contributed by atoms with Crippen molar-refractivity contribution >= 4 is 0 Å². The monoisotopic (exact) mass is 259 g/mol. The molecule has 0 aliphatic carbocycles. The molecule has 4 heteroatoms. The molecule has 0 aliphatic rings. The second-order valence-electron chi connectivity index (χ2n) is 5.46. The van der Waals surface area contributed by atoms with Gasteiger partial charge in [0.1, 0.15) is 11.6 Å². The van der Waals surface area contributed by atoms with Gasteiger partial charge in [-0.05, 0) is 39.0 Å². The van der Waals surface area contributed by atoms with Gasteiger partial charge in [0.05, 0.1) is 5.69 Å². The van der Waals surface area contributed by atoms with Crippen LogP contribution in [0.25, 0.3) is 11.3 Å². The van der Waals surface area contributed by atoms with Crippen molar-refractivity contribution in [2.45, 2.75) is 32.7 Å². The maximum atomic E-state index is 13.8.